The molecule has 2 aromatic rings. The Kier molecular flexibility index (Phi) is 4.07. The summed E-state index contributed by atoms with van der Waals surface area (Å²) in [6.45, 7) is 3.99. The van der Waals surface area contributed by atoms with Crippen LogP contribution in [0.15, 0.2) is 17.9 Å². The summed E-state index contributed by atoms with van der Waals surface area (Å²) in [5.74, 6) is 1.07. The fraction of sp³-hybridized carbons (Fsp3) is 0.455. The van der Waals surface area contributed by atoms with Gasteiger partial charge in [0.05, 0.1) is 11.2 Å². The van der Waals surface area contributed by atoms with E-state index in [0.717, 1.165) is 37.4 Å². The molecule has 2 heterocycles. The van der Waals surface area contributed by atoms with Crippen LogP contribution in [0.1, 0.15) is 22.8 Å². The minimum atomic E-state index is 0.925. The lowest BCUT2D eigenvalue weighted by Crippen LogP contribution is -2.15. The van der Waals surface area contributed by atoms with Crippen molar-refractivity contribution in [3.8, 4) is 0 Å². The van der Waals surface area contributed by atoms with Crippen molar-refractivity contribution in [2.45, 2.75) is 26.3 Å². The van der Waals surface area contributed by atoms with Crippen molar-refractivity contribution in [2.75, 3.05) is 6.54 Å². The third kappa shape index (κ3) is 3.15. The van der Waals surface area contributed by atoms with Gasteiger partial charge in [0.25, 0.3) is 0 Å². The van der Waals surface area contributed by atoms with Crippen LogP contribution in [0.3, 0.4) is 0 Å². The van der Waals surface area contributed by atoms with E-state index in [-0.39, 0.29) is 0 Å². The first kappa shape index (κ1) is 11.3. The molecule has 0 atom stereocenters. The molecule has 0 aliphatic rings. The first-order valence-electron chi connectivity index (χ1n) is 5.44. The van der Waals surface area contributed by atoms with Gasteiger partial charge in [0, 0.05) is 30.2 Å². The zero-order chi connectivity index (χ0) is 11.2. The smallest absolute Gasteiger partial charge is 0.106 e. The number of hydrogen-bond acceptors (Lipinski definition) is 4. The zero-order valence-electron chi connectivity index (χ0n) is 9.36. The number of aryl methyl sites for hydroxylation is 2. The Labute approximate surface area is 99.2 Å². The van der Waals surface area contributed by atoms with E-state index in [0.29, 0.717) is 0 Å². The zero-order valence-corrected chi connectivity index (χ0v) is 10.2. The molecule has 0 aromatic carbocycles. The fourth-order valence-electron chi connectivity index (χ4n) is 1.51. The van der Waals surface area contributed by atoms with Crippen LogP contribution in [-0.4, -0.2) is 21.5 Å². The fourth-order valence-corrected chi connectivity index (χ4v) is 2.26. The Morgan fingerprint density at radius 3 is 3.06 bits per heavy atom. The van der Waals surface area contributed by atoms with Crippen LogP contribution in [0.4, 0.5) is 0 Å². The number of hydrogen-bond donors (Lipinski definition) is 2. The first-order valence-corrected chi connectivity index (χ1v) is 6.32. The van der Waals surface area contributed by atoms with Crippen LogP contribution >= 0.6 is 11.3 Å². The first-order chi connectivity index (χ1) is 7.86. The minimum Gasteiger partial charge on any atom is -0.349 e. The molecule has 2 aromatic heterocycles. The van der Waals surface area contributed by atoms with Crippen molar-refractivity contribution in [3.05, 3.63) is 34.3 Å². The second kappa shape index (κ2) is 5.77. The average Bonchev–Trinajstić information content (AvgIpc) is 2.90. The molecule has 0 aliphatic heterocycles. The van der Waals surface area contributed by atoms with Crippen molar-refractivity contribution in [3.63, 3.8) is 0 Å². The van der Waals surface area contributed by atoms with Crippen LogP contribution in [0, 0.1) is 6.92 Å². The normalized spacial score (nSPS) is 10.8. The van der Waals surface area contributed by atoms with E-state index in [1.165, 1.54) is 4.88 Å². The van der Waals surface area contributed by atoms with E-state index in [1.807, 2.05) is 11.7 Å². The highest BCUT2D eigenvalue weighted by Gasteiger charge is 2.00. The van der Waals surface area contributed by atoms with Crippen LogP contribution in [0.2, 0.25) is 0 Å². The molecule has 5 heteroatoms. The SMILES string of the molecule is Cc1ncsc1CNCCCc1ncc[nH]1. The van der Waals surface area contributed by atoms with Gasteiger partial charge in [-0.15, -0.1) is 11.3 Å². The monoisotopic (exact) mass is 236 g/mol. The van der Waals surface area contributed by atoms with E-state index in [1.54, 1.807) is 17.5 Å². The number of aromatic nitrogens is 3. The molecular formula is C11H16N4S. The molecule has 16 heavy (non-hydrogen) atoms. The molecule has 0 aliphatic carbocycles. The van der Waals surface area contributed by atoms with E-state index in [2.05, 4.69) is 27.2 Å². The Morgan fingerprint density at radius 1 is 1.44 bits per heavy atom. The summed E-state index contributed by atoms with van der Waals surface area (Å²) in [6.07, 6.45) is 5.76. The van der Waals surface area contributed by atoms with Crippen molar-refractivity contribution in [1.82, 2.24) is 20.3 Å². The summed E-state index contributed by atoms with van der Waals surface area (Å²) in [4.78, 5) is 12.8. The summed E-state index contributed by atoms with van der Waals surface area (Å²) in [5.41, 5.74) is 3.04. The highest BCUT2D eigenvalue weighted by atomic mass is 32.1. The summed E-state index contributed by atoms with van der Waals surface area (Å²) in [5, 5.41) is 3.42. The molecule has 0 saturated carbocycles. The van der Waals surface area contributed by atoms with Gasteiger partial charge < -0.3 is 10.3 Å². The van der Waals surface area contributed by atoms with Gasteiger partial charge in [-0.3, -0.25) is 0 Å². The van der Waals surface area contributed by atoms with Gasteiger partial charge in [-0.1, -0.05) is 0 Å². The summed E-state index contributed by atoms with van der Waals surface area (Å²) in [7, 11) is 0. The van der Waals surface area contributed by atoms with Crippen molar-refractivity contribution in [2.24, 2.45) is 0 Å². The van der Waals surface area contributed by atoms with Crippen LogP contribution in [0.25, 0.3) is 0 Å². The number of nitrogens with zero attached hydrogens (tertiary/aromatic N) is 2. The number of aromatic amines is 1. The molecule has 4 nitrogen and oxygen atoms in total. The van der Waals surface area contributed by atoms with E-state index >= 15 is 0 Å². The molecular weight excluding hydrogens is 220 g/mol. The maximum absolute atomic E-state index is 4.22. The van der Waals surface area contributed by atoms with Gasteiger partial charge in [-0.05, 0) is 19.9 Å². The maximum atomic E-state index is 4.22. The van der Waals surface area contributed by atoms with Crippen molar-refractivity contribution >= 4 is 11.3 Å². The van der Waals surface area contributed by atoms with E-state index < -0.39 is 0 Å². The van der Waals surface area contributed by atoms with Crippen LogP contribution < -0.4 is 5.32 Å². The van der Waals surface area contributed by atoms with E-state index in [4.69, 9.17) is 0 Å². The lowest BCUT2D eigenvalue weighted by molar-refractivity contribution is 0.643. The second-order valence-electron chi connectivity index (χ2n) is 3.68. The third-order valence-corrected chi connectivity index (χ3v) is 3.39. The van der Waals surface area contributed by atoms with Crippen molar-refractivity contribution < 1.29 is 0 Å². The van der Waals surface area contributed by atoms with Crippen molar-refractivity contribution in [1.29, 1.82) is 0 Å². The standard InChI is InChI=1S/C11H16N4S/c1-9-10(16-8-15-9)7-12-4-2-3-11-13-5-6-14-11/h5-6,8,12H,2-4,7H2,1H3,(H,13,14). The molecule has 2 N–H and O–H groups in total. The third-order valence-electron chi connectivity index (χ3n) is 2.45. The molecule has 2 rings (SSSR count). The quantitative estimate of drug-likeness (QED) is 0.753. The van der Waals surface area contributed by atoms with Gasteiger partial charge in [-0.2, -0.15) is 0 Å². The van der Waals surface area contributed by atoms with Gasteiger partial charge in [-0.25, -0.2) is 9.97 Å². The lowest BCUT2D eigenvalue weighted by atomic mass is 10.3. The molecule has 0 saturated heterocycles. The highest BCUT2D eigenvalue weighted by molar-refractivity contribution is 7.09. The number of rotatable bonds is 6. The molecule has 0 fully saturated rings. The lowest BCUT2D eigenvalue weighted by Gasteiger charge is -2.02. The van der Waals surface area contributed by atoms with Gasteiger partial charge in [0.1, 0.15) is 5.82 Å². The van der Waals surface area contributed by atoms with Crippen LogP contribution in [0.5, 0.6) is 0 Å². The average molecular weight is 236 g/mol. The predicted octanol–water partition coefficient (Wildman–Crippen LogP) is 1.90. The summed E-state index contributed by atoms with van der Waals surface area (Å²) >= 11 is 1.71. The molecule has 0 unspecified atom stereocenters. The molecule has 0 spiro atoms. The summed E-state index contributed by atoms with van der Waals surface area (Å²) in [6, 6.07) is 0. The predicted molar refractivity (Wildman–Crippen MR) is 65.5 cm³/mol. The summed E-state index contributed by atoms with van der Waals surface area (Å²) < 4.78 is 0. The molecule has 0 amide bonds. The number of H-pyrrole nitrogens is 1. The number of imidazole rings is 1. The Balaban J connectivity index is 1.61. The Hall–Kier alpha value is -1.20. The second-order valence-corrected chi connectivity index (χ2v) is 4.62. The van der Waals surface area contributed by atoms with Gasteiger partial charge in [0.2, 0.25) is 0 Å². The largest absolute Gasteiger partial charge is 0.349 e. The Bertz CT molecular complexity index is 407. The molecule has 0 bridgehead atoms. The van der Waals surface area contributed by atoms with Crippen LogP contribution in [-0.2, 0) is 13.0 Å². The molecule has 86 valence electrons. The topological polar surface area (TPSA) is 53.6 Å². The number of nitrogens with one attached hydrogen (secondary N) is 2. The minimum absolute atomic E-state index is 0.925. The molecule has 0 radical (unpaired) electrons. The Morgan fingerprint density at radius 2 is 2.38 bits per heavy atom. The maximum Gasteiger partial charge on any atom is 0.106 e. The van der Waals surface area contributed by atoms with E-state index in [9.17, 15) is 0 Å². The van der Waals surface area contributed by atoms with Gasteiger partial charge >= 0.3 is 0 Å². The number of thiazole rings is 1. The van der Waals surface area contributed by atoms with Gasteiger partial charge in [0.15, 0.2) is 0 Å². The highest BCUT2D eigenvalue weighted by Crippen LogP contribution is 2.10.